The van der Waals surface area contributed by atoms with Crippen LogP contribution in [0.2, 0.25) is 0 Å². The molecule has 2 fully saturated rings. The number of nitrogens with zero attached hydrogens (tertiary/aromatic N) is 2. The lowest BCUT2D eigenvalue weighted by Gasteiger charge is -2.38. The molecule has 1 amide bonds. The highest BCUT2D eigenvalue weighted by molar-refractivity contribution is 5.83. The summed E-state index contributed by atoms with van der Waals surface area (Å²) < 4.78 is 26.8. The minimum absolute atomic E-state index is 0.0698. The Morgan fingerprint density at radius 1 is 1.29 bits per heavy atom. The minimum atomic E-state index is -0.592. The summed E-state index contributed by atoms with van der Waals surface area (Å²) in [5.41, 5.74) is 0.444. The molecule has 2 aliphatic rings. The summed E-state index contributed by atoms with van der Waals surface area (Å²) >= 11 is 0. The van der Waals surface area contributed by atoms with Crippen LogP contribution in [0.3, 0.4) is 0 Å². The minimum Gasteiger partial charge on any atom is -0.395 e. The SMILES string of the molecule is CCC(CO)N1CCN(C(=O)C2CC2c2ccc(F)cc2F)CC1. The highest BCUT2D eigenvalue weighted by Crippen LogP contribution is 2.49. The first-order valence-electron chi connectivity index (χ1n) is 8.63. The van der Waals surface area contributed by atoms with Crippen LogP contribution in [0.15, 0.2) is 18.2 Å². The smallest absolute Gasteiger partial charge is 0.226 e. The quantitative estimate of drug-likeness (QED) is 0.893. The van der Waals surface area contributed by atoms with E-state index in [1.807, 2.05) is 11.8 Å². The Hall–Kier alpha value is -1.53. The molecule has 6 heteroatoms. The van der Waals surface area contributed by atoms with Gasteiger partial charge < -0.3 is 10.0 Å². The number of aliphatic hydroxyl groups is 1. The maximum absolute atomic E-state index is 13.8. The Morgan fingerprint density at radius 3 is 2.58 bits per heavy atom. The van der Waals surface area contributed by atoms with Crippen LogP contribution >= 0.6 is 0 Å². The number of amides is 1. The summed E-state index contributed by atoms with van der Waals surface area (Å²) in [6, 6.07) is 3.74. The van der Waals surface area contributed by atoms with Crippen LogP contribution in [0.25, 0.3) is 0 Å². The first-order chi connectivity index (χ1) is 11.5. The largest absolute Gasteiger partial charge is 0.395 e. The molecule has 1 aliphatic heterocycles. The van der Waals surface area contributed by atoms with E-state index in [1.54, 1.807) is 0 Å². The first kappa shape index (κ1) is 17.3. The highest BCUT2D eigenvalue weighted by atomic mass is 19.1. The number of halogens is 2. The molecule has 3 unspecified atom stereocenters. The van der Waals surface area contributed by atoms with E-state index in [0.29, 0.717) is 25.1 Å². The second-order valence-electron chi connectivity index (χ2n) is 6.72. The van der Waals surface area contributed by atoms with Gasteiger partial charge in [-0.3, -0.25) is 9.69 Å². The van der Waals surface area contributed by atoms with E-state index in [1.165, 1.54) is 12.1 Å². The van der Waals surface area contributed by atoms with E-state index in [2.05, 4.69) is 4.90 Å². The van der Waals surface area contributed by atoms with Gasteiger partial charge in [0, 0.05) is 44.2 Å². The van der Waals surface area contributed by atoms with Crippen LogP contribution in [0, 0.1) is 17.6 Å². The topological polar surface area (TPSA) is 43.8 Å². The molecule has 3 rings (SSSR count). The lowest BCUT2D eigenvalue weighted by atomic mass is 10.1. The van der Waals surface area contributed by atoms with E-state index in [-0.39, 0.29) is 30.4 Å². The summed E-state index contributed by atoms with van der Waals surface area (Å²) in [4.78, 5) is 16.7. The Labute approximate surface area is 141 Å². The molecule has 1 aromatic rings. The predicted molar refractivity (Wildman–Crippen MR) is 86.5 cm³/mol. The molecule has 1 saturated heterocycles. The van der Waals surface area contributed by atoms with Gasteiger partial charge in [0.1, 0.15) is 11.6 Å². The molecule has 1 aromatic carbocycles. The number of benzene rings is 1. The number of piperazine rings is 1. The molecule has 4 nitrogen and oxygen atoms in total. The van der Waals surface area contributed by atoms with Gasteiger partial charge in [-0.25, -0.2) is 8.78 Å². The molecule has 132 valence electrons. The molecule has 24 heavy (non-hydrogen) atoms. The van der Waals surface area contributed by atoms with Crippen LogP contribution < -0.4 is 0 Å². The number of carbonyl (C=O) groups excluding carboxylic acids is 1. The Kier molecular flexibility index (Phi) is 5.15. The summed E-state index contributed by atoms with van der Waals surface area (Å²) in [7, 11) is 0. The number of hydrogen-bond acceptors (Lipinski definition) is 3. The number of aliphatic hydroxyl groups excluding tert-OH is 1. The van der Waals surface area contributed by atoms with E-state index < -0.39 is 11.6 Å². The second-order valence-corrected chi connectivity index (χ2v) is 6.72. The zero-order chi connectivity index (χ0) is 17.3. The number of carbonyl (C=O) groups is 1. The third-order valence-corrected chi connectivity index (χ3v) is 5.29. The van der Waals surface area contributed by atoms with Gasteiger partial charge in [0.2, 0.25) is 5.91 Å². The Balaban J connectivity index is 1.56. The summed E-state index contributed by atoms with van der Waals surface area (Å²) in [6.45, 7) is 4.98. The van der Waals surface area contributed by atoms with Gasteiger partial charge in [0.15, 0.2) is 0 Å². The van der Waals surface area contributed by atoms with Crippen molar-refractivity contribution in [2.75, 3.05) is 32.8 Å². The monoisotopic (exact) mass is 338 g/mol. The maximum atomic E-state index is 13.8. The second kappa shape index (κ2) is 7.15. The van der Waals surface area contributed by atoms with Gasteiger partial charge >= 0.3 is 0 Å². The van der Waals surface area contributed by atoms with Gasteiger partial charge in [0.05, 0.1) is 6.61 Å². The molecule has 0 bridgehead atoms. The third kappa shape index (κ3) is 3.44. The van der Waals surface area contributed by atoms with Crippen molar-refractivity contribution in [2.24, 2.45) is 5.92 Å². The van der Waals surface area contributed by atoms with Gasteiger partial charge in [0.25, 0.3) is 0 Å². The van der Waals surface area contributed by atoms with Crippen molar-refractivity contribution in [2.45, 2.75) is 31.7 Å². The standard InChI is InChI=1S/C18H24F2N2O2/c1-2-13(11-23)21-5-7-22(8-6-21)18(24)16-10-15(16)14-4-3-12(19)9-17(14)20/h3-4,9,13,15-16,23H,2,5-8,10-11H2,1H3. The summed E-state index contributed by atoms with van der Waals surface area (Å²) in [5, 5.41) is 9.37. The van der Waals surface area contributed by atoms with E-state index in [0.717, 1.165) is 25.6 Å². The van der Waals surface area contributed by atoms with Crippen LogP contribution in [0.5, 0.6) is 0 Å². The molecule has 1 N–H and O–H groups in total. The van der Waals surface area contributed by atoms with Crippen LogP contribution in [0.1, 0.15) is 31.2 Å². The number of rotatable bonds is 5. The van der Waals surface area contributed by atoms with Crippen molar-refractivity contribution >= 4 is 5.91 Å². The fourth-order valence-electron chi connectivity index (χ4n) is 3.66. The maximum Gasteiger partial charge on any atom is 0.226 e. The van der Waals surface area contributed by atoms with Crippen molar-refractivity contribution in [3.8, 4) is 0 Å². The highest BCUT2D eigenvalue weighted by Gasteiger charge is 2.47. The molecule has 1 heterocycles. The average molecular weight is 338 g/mol. The van der Waals surface area contributed by atoms with Gasteiger partial charge in [-0.1, -0.05) is 13.0 Å². The van der Waals surface area contributed by atoms with Crippen molar-refractivity contribution in [3.05, 3.63) is 35.4 Å². The van der Waals surface area contributed by atoms with Crippen molar-refractivity contribution in [1.29, 1.82) is 0 Å². The Morgan fingerprint density at radius 2 is 2.00 bits per heavy atom. The van der Waals surface area contributed by atoms with Gasteiger partial charge in [-0.05, 0) is 30.4 Å². The van der Waals surface area contributed by atoms with Crippen molar-refractivity contribution < 1.29 is 18.7 Å². The lowest BCUT2D eigenvalue weighted by molar-refractivity contribution is -0.134. The van der Waals surface area contributed by atoms with E-state index in [9.17, 15) is 18.7 Å². The van der Waals surface area contributed by atoms with Gasteiger partial charge in [-0.2, -0.15) is 0 Å². The van der Waals surface area contributed by atoms with Crippen LogP contribution in [-0.4, -0.2) is 59.6 Å². The molecule has 3 atom stereocenters. The third-order valence-electron chi connectivity index (χ3n) is 5.29. The van der Waals surface area contributed by atoms with E-state index >= 15 is 0 Å². The van der Waals surface area contributed by atoms with Crippen molar-refractivity contribution in [1.82, 2.24) is 9.80 Å². The molecule has 1 saturated carbocycles. The molecular formula is C18H24F2N2O2. The van der Waals surface area contributed by atoms with Crippen molar-refractivity contribution in [3.63, 3.8) is 0 Å². The normalized spacial score (nSPS) is 25.6. The zero-order valence-corrected chi connectivity index (χ0v) is 13.9. The molecular weight excluding hydrogens is 314 g/mol. The van der Waals surface area contributed by atoms with E-state index in [4.69, 9.17) is 0 Å². The fraction of sp³-hybridized carbons (Fsp3) is 0.611. The fourth-order valence-corrected chi connectivity index (χ4v) is 3.66. The lowest BCUT2D eigenvalue weighted by Crippen LogP contribution is -2.53. The van der Waals surface area contributed by atoms with Gasteiger partial charge in [-0.15, -0.1) is 0 Å². The number of hydrogen-bond donors (Lipinski definition) is 1. The van der Waals surface area contributed by atoms with Crippen LogP contribution in [0.4, 0.5) is 8.78 Å². The zero-order valence-electron chi connectivity index (χ0n) is 13.9. The molecule has 0 aromatic heterocycles. The summed E-state index contributed by atoms with van der Waals surface area (Å²) in [6.07, 6.45) is 1.52. The molecule has 0 spiro atoms. The molecule has 0 radical (unpaired) electrons. The molecule has 1 aliphatic carbocycles. The average Bonchev–Trinajstić information content (AvgIpc) is 3.36. The first-order valence-corrected chi connectivity index (χ1v) is 8.63. The summed E-state index contributed by atoms with van der Waals surface area (Å²) in [5.74, 6) is -1.40. The predicted octanol–water partition coefficient (Wildman–Crippen LogP) is 1.98. The Bertz CT molecular complexity index is 599. The van der Waals surface area contributed by atoms with Crippen LogP contribution in [-0.2, 0) is 4.79 Å².